The minimum absolute atomic E-state index is 0.0382. The Morgan fingerprint density at radius 2 is 1.85 bits per heavy atom. The molecule has 2 aromatic carbocycles. The van der Waals surface area contributed by atoms with Crippen molar-refractivity contribution in [2.45, 2.75) is 13.2 Å². The zero-order valence-corrected chi connectivity index (χ0v) is 13.5. The average Bonchev–Trinajstić information content (AvgIpc) is 3.11. The molecule has 26 heavy (non-hydrogen) atoms. The van der Waals surface area contributed by atoms with Crippen LogP contribution in [0.4, 0.5) is 19.3 Å². The van der Waals surface area contributed by atoms with Crippen molar-refractivity contribution in [3.05, 3.63) is 66.7 Å². The summed E-state index contributed by atoms with van der Waals surface area (Å²) >= 11 is 0. The van der Waals surface area contributed by atoms with Crippen molar-refractivity contribution in [3.8, 4) is 17.1 Å². The number of anilines is 1. The number of benzene rings is 2. The number of hydrogen-bond acceptors (Lipinski definition) is 4. The number of oxazole rings is 1. The molecule has 0 unspecified atom stereocenters. The van der Waals surface area contributed by atoms with E-state index in [0.717, 1.165) is 5.56 Å². The fourth-order valence-electron chi connectivity index (χ4n) is 2.22. The van der Waals surface area contributed by atoms with Gasteiger partial charge in [0.25, 0.3) is 0 Å². The molecule has 1 aromatic heterocycles. The highest BCUT2D eigenvalue weighted by Gasteiger charge is 2.12. The Labute approximate surface area is 147 Å². The highest BCUT2D eigenvalue weighted by Crippen LogP contribution is 2.25. The fourth-order valence-corrected chi connectivity index (χ4v) is 2.22. The van der Waals surface area contributed by atoms with Gasteiger partial charge in [0.15, 0.2) is 5.76 Å². The number of rotatable bonds is 6. The summed E-state index contributed by atoms with van der Waals surface area (Å²) in [6.45, 7) is -2.94. The predicted molar refractivity (Wildman–Crippen MR) is 90.9 cm³/mol. The maximum absolute atomic E-state index is 12.4. The van der Waals surface area contributed by atoms with Crippen molar-refractivity contribution in [1.29, 1.82) is 0 Å². The molecule has 0 aliphatic heterocycles. The molecule has 134 valence electrons. The molecule has 0 bridgehead atoms. The van der Waals surface area contributed by atoms with E-state index in [1.165, 1.54) is 18.2 Å². The lowest BCUT2D eigenvalue weighted by Crippen LogP contribution is -2.28. The third-order valence-electron chi connectivity index (χ3n) is 3.36. The van der Waals surface area contributed by atoms with Gasteiger partial charge in [-0.2, -0.15) is 8.78 Å². The van der Waals surface area contributed by atoms with Crippen LogP contribution in [0.3, 0.4) is 0 Å². The summed E-state index contributed by atoms with van der Waals surface area (Å²) in [5, 5.41) is 4.99. The number of nitrogens with one attached hydrogen (secondary N) is 2. The Hall–Kier alpha value is -3.42. The minimum atomic E-state index is -2.98. The summed E-state index contributed by atoms with van der Waals surface area (Å²) in [4.78, 5) is 16.1. The molecule has 0 radical (unpaired) electrons. The normalized spacial score (nSPS) is 10.6. The van der Waals surface area contributed by atoms with Gasteiger partial charge in [0.1, 0.15) is 5.75 Å². The molecule has 2 N–H and O–H groups in total. The van der Waals surface area contributed by atoms with E-state index in [0.29, 0.717) is 11.7 Å². The van der Waals surface area contributed by atoms with Gasteiger partial charge in [-0.1, -0.05) is 42.5 Å². The predicted octanol–water partition coefficient (Wildman–Crippen LogP) is 4.26. The van der Waals surface area contributed by atoms with E-state index in [2.05, 4.69) is 20.4 Å². The number of hydrogen-bond donors (Lipinski definition) is 2. The van der Waals surface area contributed by atoms with E-state index in [1.54, 1.807) is 12.3 Å². The smallest absolute Gasteiger partial charge is 0.387 e. The number of urea groups is 1. The second-order valence-corrected chi connectivity index (χ2v) is 5.17. The van der Waals surface area contributed by atoms with E-state index >= 15 is 0 Å². The van der Waals surface area contributed by atoms with Crippen molar-refractivity contribution in [1.82, 2.24) is 10.3 Å². The highest BCUT2D eigenvalue weighted by atomic mass is 19.3. The summed E-state index contributed by atoms with van der Waals surface area (Å²) in [5.74, 6) is 0.773. The molecule has 2 amide bonds. The van der Waals surface area contributed by atoms with Crippen LogP contribution in [0, 0.1) is 0 Å². The summed E-state index contributed by atoms with van der Waals surface area (Å²) in [6, 6.07) is 14.7. The van der Waals surface area contributed by atoms with Gasteiger partial charge < -0.3 is 19.8 Å². The molecule has 0 spiro atoms. The minimum Gasteiger partial charge on any atom is -0.439 e. The lowest BCUT2D eigenvalue weighted by molar-refractivity contribution is -0.0493. The first-order chi connectivity index (χ1) is 12.6. The maximum Gasteiger partial charge on any atom is 0.387 e. The summed E-state index contributed by atoms with van der Waals surface area (Å²) in [7, 11) is 0. The molecule has 0 aliphatic carbocycles. The monoisotopic (exact) mass is 359 g/mol. The Bertz CT molecular complexity index is 869. The molecule has 3 rings (SSSR count). The third kappa shape index (κ3) is 4.56. The second kappa shape index (κ2) is 8.11. The number of nitrogens with zero attached hydrogens (tertiary/aromatic N) is 1. The molecule has 3 aromatic rings. The molecular formula is C18H15F2N3O3. The molecule has 0 saturated heterocycles. The first-order valence-corrected chi connectivity index (χ1v) is 7.70. The van der Waals surface area contributed by atoms with Crippen LogP contribution in [-0.4, -0.2) is 17.6 Å². The van der Waals surface area contributed by atoms with E-state index in [9.17, 15) is 13.6 Å². The first kappa shape index (κ1) is 17.4. The number of ether oxygens (including phenoxy) is 1. The summed E-state index contributed by atoms with van der Waals surface area (Å²) < 4.78 is 34.7. The van der Waals surface area contributed by atoms with Crippen LogP contribution in [0.5, 0.6) is 5.75 Å². The Balaban J connectivity index is 1.58. The fraction of sp³-hybridized carbons (Fsp3) is 0.111. The van der Waals surface area contributed by atoms with Crippen molar-refractivity contribution in [2.24, 2.45) is 0 Å². The Morgan fingerprint density at radius 3 is 2.62 bits per heavy atom. The number of aromatic nitrogens is 1. The molecule has 0 fully saturated rings. The number of alkyl halides is 2. The Morgan fingerprint density at radius 1 is 1.12 bits per heavy atom. The average molecular weight is 359 g/mol. The maximum atomic E-state index is 12.4. The lowest BCUT2D eigenvalue weighted by Gasteiger charge is -2.11. The van der Waals surface area contributed by atoms with Gasteiger partial charge in [0.2, 0.25) is 5.89 Å². The molecule has 6 nitrogen and oxygen atoms in total. The molecule has 8 heteroatoms. The van der Waals surface area contributed by atoms with Gasteiger partial charge in [-0.05, 0) is 12.1 Å². The Kier molecular flexibility index (Phi) is 5.43. The lowest BCUT2D eigenvalue weighted by atomic mass is 10.2. The topological polar surface area (TPSA) is 76.4 Å². The second-order valence-electron chi connectivity index (χ2n) is 5.17. The number of halogens is 2. The van der Waals surface area contributed by atoms with Crippen molar-refractivity contribution < 1.29 is 22.7 Å². The third-order valence-corrected chi connectivity index (χ3v) is 3.36. The summed E-state index contributed by atoms with van der Waals surface area (Å²) in [5.41, 5.74) is 0.997. The number of amides is 2. The van der Waals surface area contributed by atoms with Crippen molar-refractivity contribution in [3.63, 3.8) is 0 Å². The standard InChI is InChI=1S/C18H15F2N3O3/c19-17(20)26-14-9-5-4-8-13(14)23-18(24)22-11-16-21-10-15(25-16)12-6-2-1-3-7-12/h1-10,17H,11H2,(H2,22,23,24). The van der Waals surface area contributed by atoms with Crippen LogP contribution in [0.15, 0.2) is 65.2 Å². The van der Waals surface area contributed by atoms with E-state index in [1.807, 2.05) is 30.3 Å². The van der Waals surface area contributed by atoms with E-state index in [-0.39, 0.29) is 18.0 Å². The SMILES string of the molecule is O=C(NCc1ncc(-c2ccccc2)o1)Nc1ccccc1OC(F)F. The van der Waals surface area contributed by atoms with Gasteiger partial charge in [-0.25, -0.2) is 9.78 Å². The number of carbonyl (C=O) groups is 1. The van der Waals surface area contributed by atoms with E-state index < -0.39 is 12.6 Å². The largest absolute Gasteiger partial charge is 0.439 e. The molecule has 1 heterocycles. The van der Waals surface area contributed by atoms with Gasteiger partial charge in [0, 0.05) is 5.56 Å². The van der Waals surface area contributed by atoms with Crippen LogP contribution < -0.4 is 15.4 Å². The van der Waals surface area contributed by atoms with Crippen LogP contribution in [0.25, 0.3) is 11.3 Å². The molecule has 0 saturated carbocycles. The van der Waals surface area contributed by atoms with E-state index in [4.69, 9.17) is 4.42 Å². The van der Waals surface area contributed by atoms with Crippen LogP contribution in [-0.2, 0) is 6.54 Å². The van der Waals surface area contributed by atoms with Gasteiger partial charge >= 0.3 is 12.6 Å². The first-order valence-electron chi connectivity index (χ1n) is 7.70. The van der Waals surface area contributed by atoms with Crippen LogP contribution in [0.2, 0.25) is 0 Å². The van der Waals surface area contributed by atoms with Crippen LogP contribution in [0.1, 0.15) is 5.89 Å². The molecular weight excluding hydrogens is 344 g/mol. The van der Waals surface area contributed by atoms with Gasteiger partial charge in [0.05, 0.1) is 18.4 Å². The zero-order chi connectivity index (χ0) is 18.4. The summed E-state index contributed by atoms with van der Waals surface area (Å²) in [6.07, 6.45) is 1.57. The van der Waals surface area contributed by atoms with Gasteiger partial charge in [-0.3, -0.25) is 0 Å². The van der Waals surface area contributed by atoms with Crippen molar-refractivity contribution >= 4 is 11.7 Å². The highest BCUT2D eigenvalue weighted by molar-refractivity contribution is 5.90. The van der Waals surface area contributed by atoms with Crippen LogP contribution >= 0.6 is 0 Å². The van der Waals surface area contributed by atoms with Gasteiger partial charge in [-0.15, -0.1) is 0 Å². The quantitative estimate of drug-likeness (QED) is 0.689. The molecule has 0 atom stereocenters. The number of carbonyl (C=O) groups excluding carboxylic acids is 1. The molecule has 0 aliphatic rings. The number of para-hydroxylation sites is 2. The van der Waals surface area contributed by atoms with Crippen molar-refractivity contribution in [2.75, 3.05) is 5.32 Å². The zero-order valence-electron chi connectivity index (χ0n) is 13.5.